The maximum Gasteiger partial charge on any atom is 0.163 e. The lowest BCUT2D eigenvalue weighted by atomic mass is 9.93. The van der Waals surface area contributed by atoms with Crippen LogP contribution in [0, 0.1) is 11.8 Å². The molecule has 4 heteroatoms. The molecule has 2 aliphatic carbocycles. The minimum absolute atomic E-state index is 0.120. The molecule has 2 saturated carbocycles. The van der Waals surface area contributed by atoms with E-state index in [-0.39, 0.29) is 18.1 Å². The summed E-state index contributed by atoms with van der Waals surface area (Å²) < 4.78 is 11.7. The molecular weight excluding hydrogens is 182 g/mol. The molecule has 0 spiro atoms. The number of ether oxygens (including phenoxy) is 2. The molecule has 0 aromatic rings. The van der Waals surface area contributed by atoms with Gasteiger partial charge in [0.15, 0.2) is 5.79 Å². The first-order chi connectivity index (χ1) is 6.61. The monoisotopic (exact) mass is 197 g/mol. The lowest BCUT2D eigenvalue weighted by Gasteiger charge is -2.21. The van der Waals surface area contributed by atoms with Gasteiger partial charge in [-0.3, -0.25) is 0 Å². The Morgan fingerprint density at radius 2 is 2.07 bits per heavy atom. The van der Waals surface area contributed by atoms with Gasteiger partial charge >= 0.3 is 0 Å². The number of hydrogen-bond acceptors (Lipinski definition) is 4. The van der Waals surface area contributed by atoms with Crippen molar-refractivity contribution in [1.82, 2.24) is 0 Å². The third-order valence-corrected chi connectivity index (χ3v) is 3.61. The Balaban J connectivity index is 1.89. The van der Waals surface area contributed by atoms with Crippen LogP contribution in [0.25, 0.3) is 0 Å². The summed E-state index contributed by atoms with van der Waals surface area (Å²) in [6.45, 7) is 3.89. The molecule has 14 heavy (non-hydrogen) atoms. The van der Waals surface area contributed by atoms with Gasteiger partial charge in [0.2, 0.25) is 0 Å². The molecule has 2 bridgehead atoms. The van der Waals surface area contributed by atoms with Gasteiger partial charge in [-0.15, -0.1) is 0 Å². The minimum atomic E-state index is -0.461. The average Bonchev–Trinajstić information content (AvgIpc) is 2.70. The Morgan fingerprint density at radius 3 is 2.79 bits per heavy atom. The van der Waals surface area contributed by atoms with Crippen molar-refractivity contribution in [1.29, 1.82) is 0 Å². The van der Waals surface area contributed by atoms with Crippen molar-refractivity contribution in [3.05, 3.63) is 0 Å². The van der Waals surface area contributed by atoms with Crippen LogP contribution in [0.5, 0.6) is 0 Å². The molecule has 0 aromatic carbocycles. The predicted molar refractivity (Wildman–Crippen MR) is 49.3 cm³/mol. The number of rotatable bonds is 0. The van der Waals surface area contributed by atoms with Crippen LogP contribution in [0.15, 0.2) is 5.16 Å². The lowest BCUT2D eigenvalue weighted by Crippen LogP contribution is -2.34. The zero-order valence-electron chi connectivity index (χ0n) is 8.43. The third kappa shape index (κ3) is 0.982. The molecule has 1 heterocycles. The van der Waals surface area contributed by atoms with Crippen molar-refractivity contribution in [2.45, 2.75) is 44.7 Å². The standard InChI is InChI=1S/C10H15NO3/c1-10(2)13-8-5-3-6(9(8)14-10)7(4-5)11-12/h5-6,8-9,12H,3-4H2,1-2H3/b11-7+/t5-,6+,8-,9+/m1/s1. The van der Waals surface area contributed by atoms with Crippen LogP contribution in [0.3, 0.4) is 0 Å². The van der Waals surface area contributed by atoms with Crippen LogP contribution in [-0.4, -0.2) is 28.9 Å². The van der Waals surface area contributed by atoms with Crippen molar-refractivity contribution in [3.63, 3.8) is 0 Å². The SMILES string of the molecule is CC1(C)O[C@@H]2[C@H]3C/C(=N\O)[C@H](C3)[C@@H]2O1. The molecule has 4 atom stereocenters. The van der Waals surface area contributed by atoms with Gasteiger partial charge in [-0.1, -0.05) is 5.16 Å². The fourth-order valence-electron chi connectivity index (χ4n) is 3.15. The summed E-state index contributed by atoms with van der Waals surface area (Å²) in [6, 6.07) is 0. The number of hydrogen-bond donors (Lipinski definition) is 1. The van der Waals surface area contributed by atoms with Crippen LogP contribution < -0.4 is 0 Å². The molecule has 0 aromatic heterocycles. The van der Waals surface area contributed by atoms with E-state index in [1.165, 1.54) is 0 Å². The summed E-state index contributed by atoms with van der Waals surface area (Å²) in [7, 11) is 0. The lowest BCUT2D eigenvalue weighted by molar-refractivity contribution is -0.156. The first-order valence-electron chi connectivity index (χ1n) is 5.17. The summed E-state index contributed by atoms with van der Waals surface area (Å²) in [5.41, 5.74) is 0.901. The quantitative estimate of drug-likeness (QED) is 0.471. The maximum atomic E-state index is 8.83. The third-order valence-electron chi connectivity index (χ3n) is 3.61. The molecule has 3 rings (SSSR count). The van der Waals surface area contributed by atoms with Crippen molar-refractivity contribution < 1.29 is 14.7 Å². The maximum absolute atomic E-state index is 8.83. The van der Waals surface area contributed by atoms with E-state index in [0.717, 1.165) is 18.6 Å². The second-order valence-electron chi connectivity index (χ2n) is 4.96. The molecule has 4 nitrogen and oxygen atoms in total. The van der Waals surface area contributed by atoms with E-state index in [9.17, 15) is 0 Å². The van der Waals surface area contributed by atoms with E-state index in [2.05, 4.69) is 5.16 Å². The summed E-state index contributed by atoms with van der Waals surface area (Å²) in [5.74, 6) is 0.325. The van der Waals surface area contributed by atoms with Crippen LogP contribution in [0.4, 0.5) is 0 Å². The first-order valence-corrected chi connectivity index (χ1v) is 5.17. The van der Waals surface area contributed by atoms with Crippen LogP contribution >= 0.6 is 0 Å². The largest absolute Gasteiger partial charge is 0.411 e. The molecule has 0 unspecified atom stereocenters. The zero-order valence-corrected chi connectivity index (χ0v) is 8.43. The second kappa shape index (κ2) is 2.49. The van der Waals surface area contributed by atoms with Crippen LogP contribution in [-0.2, 0) is 9.47 Å². The van der Waals surface area contributed by atoms with E-state index < -0.39 is 5.79 Å². The summed E-state index contributed by atoms with van der Waals surface area (Å²) >= 11 is 0. The van der Waals surface area contributed by atoms with Crippen LogP contribution in [0.2, 0.25) is 0 Å². The molecule has 1 aliphatic heterocycles. The summed E-state index contributed by atoms with van der Waals surface area (Å²) in [4.78, 5) is 0. The minimum Gasteiger partial charge on any atom is -0.411 e. The summed E-state index contributed by atoms with van der Waals surface area (Å²) in [6.07, 6.45) is 2.28. The number of nitrogens with zero attached hydrogens (tertiary/aromatic N) is 1. The molecule has 0 radical (unpaired) electrons. The van der Waals surface area contributed by atoms with Gasteiger partial charge < -0.3 is 14.7 Å². The Hall–Kier alpha value is -0.610. The summed E-state index contributed by atoms with van der Waals surface area (Å²) in [5, 5.41) is 12.2. The smallest absolute Gasteiger partial charge is 0.163 e. The van der Waals surface area contributed by atoms with Crippen molar-refractivity contribution >= 4 is 5.71 Å². The van der Waals surface area contributed by atoms with Gasteiger partial charge in [0.25, 0.3) is 0 Å². The topological polar surface area (TPSA) is 51.0 Å². The Labute approximate surface area is 82.9 Å². The van der Waals surface area contributed by atoms with E-state index in [1.807, 2.05) is 13.8 Å². The first kappa shape index (κ1) is 8.68. The van der Waals surface area contributed by atoms with Gasteiger partial charge in [-0.05, 0) is 32.6 Å². The highest BCUT2D eigenvalue weighted by Crippen LogP contribution is 2.51. The second-order valence-corrected chi connectivity index (χ2v) is 4.96. The van der Waals surface area contributed by atoms with Gasteiger partial charge in [-0.2, -0.15) is 0 Å². The van der Waals surface area contributed by atoms with Crippen molar-refractivity contribution in [2.75, 3.05) is 0 Å². The van der Waals surface area contributed by atoms with E-state index in [1.54, 1.807) is 0 Å². The average molecular weight is 197 g/mol. The van der Waals surface area contributed by atoms with Gasteiger partial charge in [-0.25, -0.2) is 0 Å². The normalized spacial score (nSPS) is 51.4. The Morgan fingerprint density at radius 1 is 1.36 bits per heavy atom. The van der Waals surface area contributed by atoms with Crippen molar-refractivity contribution in [2.24, 2.45) is 17.0 Å². The Kier molecular flexibility index (Phi) is 1.55. The molecule has 78 valence electrons. The molecular formula is C10H15NO3. The predicted octanol–water partition coefficient (Wildman–Crippen LogP) is 1.38. The Bertz CT molecular complexity index is 300. The van der Waals surface area contributed by atoms with Gasteiger partial charge in [0.05, 0.1) is 17.9 Å². The zero-order chi connectivity index (χ0) is 9.92. The molecule has 1 saturated heterocycles. The van der Waals surface area contributed by atoms with E-state index >= 15 is 0 Å². The molecule has 1 N–H and O–H groups in total. The number of oxime groups is 1. The van der Waals surface area contributed by atoms with Gasteiger partial charge in [0, 0.05) is 5.92 Å². The highest BCUT2D eigenvalue weighted by atomic mass is 16.8. The van der Waals surface area contributed by atoms with Gasteiger partial charge in [0.1, 0.15) is 0 Å². The molecule has 3 fully saturated rings. The van der Waals surface area contributed by atoms with E-state index in [0.29, 0.717) is 5.92 Å². The van der Waals surface area contributed by atoms with Crippen LogP contribution in [0.1, 0.15) is 26.7 Å². The fraction of sp³-hybridized carbons (Fsp3) is 0.900. The molecule has 0 amide bonds. The highest BCUT2D eigenvalue weighted by molar-refractivity contribution is 5.90. The van der Waals surface area contributed by atoms with Crippen molar-refractivity contribution in [3.8, 4) is 0 Å². The fourth-order valence-corrected chi connectivity index (χ4v) is 3.15. The molecule has 3 aliphatic rings. The number of fused-ring (bicyclic) bond motifs is 5. The highest BCUT2D eigenvalue weighted by Gasteiger charge is 2.59. The van der Waals surface area contributed by atoms with E-state index in [4.69, 9.17) is 14.7 Å².